The molecule has 0 saturated carbocycles. The van der Waals surface area contributed by atoms with Gasteiger partial charge in [-0.25, -0.2) is 0 Å². The van der Waals surface area contributed by atoms with Crippen molar-refractivity contribution in [3.05, 3.63) is 11.8 Å². The van der Waals surface area contributed by atoms with Gasteiger partial charge in [-0.1, -0.05) is 6.92 Å². The normalized spacial score (nSPS) is 11.1. The number of thioether (sulfide) groups is 1. The molecule has 72 valence electrons. The summed E-state index contributed by atoms with van der Waals surface area (Å²) < 4.78 is 5.75. The van der Waals surface area contributed by atoms with Crippen molar-refractivity contribution in [2.45, 2.75) is 33.9 Å². The average molecular weight is 204 g/mol. The van der Waals surface area contributed by atoms with E-state index in [1.54, 1.807) is 0 Å². The van der Waals surface area contributed by atoms with Crippen molar-refractivity contribution in [1.29, 1.82) is 0 Å². The second-order valence-corrected chi connectivity index (χ2v) is 9.61. The van der Waals surface area contributed by atoms with Crippen molar-refractivity contribution >= 4 is 20.1 Å². The molecule has 3 heteroatoms. The molecule has 0 saturated heterocycles. The van der Waals surface area contributed by atoms with Crippen LogP contribution >= 0.6 is 11.8 Å². The lowest BCUT2D eigenvalue weighted by Crippen LogP contribution is -2.32. The zero-order valence-corrected chi connectivity index (χ0v) is 10.6. The fourth-order valence-corrected chi connectivity index (χ4v) is 4.27. The summed E-state index contributed by atoms with van der Waals surface area (Å²) in [5.41, 5.74) is 1.25. The van der Waals surface area contributed by atoms with E-state index >= 15 is 0 Å². The summed E-state index contributed by atoms with van der Waals surface area (Å²) in [7, 11) is -1.40. The molecule has 0 aromatic rings. The molecule has 0 aromatic carbocycles. The second-order valence-electron chi connectivity index (χ2n) is 3.71. The zero-order chi connectivity index (χ0) is 9.61. The maximum absolute atomic E-state index is 5.75. The molecule has 0 unspecified atom stereocenters. The first-order chi connectivity index (χ1) is 5.48. The molecule has 0 aromatic heterocycles. The summed E-state index contributed by atoms with van der Waals surface area (Å²) >= 11 is 1.97. The van der Waals surface area contributed by atoms with Crippen molar-refractivity contribution in [2.75, 3.05) is 11.1 Å². The van der Waals surface area contributed by atoms with Gasteiger partial charge in [0.15, 0.2) is 0 Å². The quantitative estimate of drug-likeness (QED) is 0.501. The molecule has 0 fully saturated rings. The molecule has 0 rings (SSSR count). The Morgan fingerprint density at radius 2 is 2.00 bits per heavy atom. The van der Waals surface area contributed by atoms with Crippen LogP contribution in [0.5, 0.6) is 0 Å². The maximum atomic E-state index is 5.75. The lowest BCUT2D eigenvalue weighted by Gasteiger charge is -2.20. The van der Waals surface area contributed by atoms with Gasteiger partial charge in [0.05, 0.1) is 6.26 Å². The Bertz CT molecular complexity index is 151. The van der Waals surface area contributed by atoms with E-state index in [4.69, 9.17) is 4.43 Å². The summed E-state index contributed by atoms with van der Waals surface area (Å²) in [5, 5.41) is 1.19. The molecule has 0 radical (unpaired) electrons. The highest BCUT2D eigenvalue weighted by Crippen LogP contribution is 2.13. The van der Waals surface area contributed by atoms with Crippen LogP contribution in [0.3, 0.4) is 0 Å². The first kappa shape index (κ1) is 12.1. The van der Waals surface area contributed by atoms with E-state index in [-0.39, 0.29) is 0 Å². The van der Waals surface area contributed by atoms with Crippen LogP contribution in [0.4, 0.5) is 0 Å². The van der Waals surface area contributed by atoms with Gasteiger partial charge in [0.2, 0.25) is 0 Å². The number of hydrogen-bond donors (Lipinski definition) is 0. The van der Waals surface area contributed by atoms with Gasteiger partial charge in [0.1, 0.15) is 0 Å². The van der Waals surface area contributed by atoms with E-state index in [1.165, 1.54) is 16.7 Å². The van der Waals surface area contributed by atoms with Crippen LogP contribution in [0.1, 0.15) is 20.8 Å². The molecular formula is C9H20OSSi. The van der Waals surface area contributed by atoms with Gasteiger partial charge in [-0.15, -0.1) is 0 Å². The monoisotopic (exact) mass is 204 g/mol. The van der Waals surface area contributed by atoms with Crippen LogP contribution in [-0.2, 0) is 4.43 Å². The van der Waals surface area contributed by atoms with E-state index in [0.717, 1.165) is 0 Å². The molecule has 0 aliphatic heterocycles. The lowest BCUT2D eigenvalue weighted by atomic mass is 10.4. The van der Waals surface area contributed by atoms with E-state index < -0.39 is 8.32 Å². The van der Waals surface area contributed by atoms with Crippen LogP contribution in [0, 0.1) is 0 Å². The topological polar surface area (TPSA) is 9.23 Å². The molecule has 0 aliphatic rings. The molecule has 0 spiro atoms. The van der Waals surface area contributed by atoms with Crippen LogP contribution in [-0.4, -0.2) is 19.4 Å². The Balaban J connectivity index is 3.78. The van der Waals surface area contributed by atoms with Gasteiger partial charge < -0.3 is 4.43 Å². The van der Waals surface area contributed by atoms with Crippen molar-refractivity contribution in [1.82, 2.24) is 0 Å². The first-order valence-corrected chi connectivity index (χ1v) is 8.64. The lowest BCUT2D eigenvalue weighted by molar-refractivity contribution is 0.473. The molecule has 0 atom stereocenters. The highest BCUT2D eigenvalue weighted by molar-refractivity contribution is 8.00. The van der Waals surface area contributed by atoms with E-state index in [9.17, 15) is 0 Å². The third-order valence-corrected chi connectivity index (χ3v) is 6.03. The first-order valence-electron chi connectivity index (χ1n) is 4.37. The molecule has 1 nitrogen and oxygen atoms in total. The van der Waals surface area contributed by atoms with Gasteiger partial charge in [0.25, 0.3) is 8.32 Å². The SMILES string of the molecule is CCSC[Si](C)(C)OC=C(C)C. The van der Waals surface area contributed by atoms with Gasteiger partial charge in [0, 0.05) is 5.38 Å². The summed E-state index contributed by atoms with van der Waals surface area (Å²) in [6, 6.07) is 0. The summed E-state index contributed by atoms with van der Waals surface area (Å²) in [6.07, 6.45) is 1.91. The van der Waals surface area contributed by atoms with Gasteiger partial charge in [-0.3, -0.25) is 0 Å². The molecule has 0 N–H and O–H groups in total. The van der Waals surface area contributed by atoms with E-state index in [0.29, 0.717) is 0 Å². The molecule has 0 bridgehead atoms. The van der Waals surface area contributed by atoms with Crippen LogP contribution in [0.2, 0.25) is 13.1 Å². The predicted molar refractivity (Wildman–Crippen MR) is 61.0 cm³/mol. The minimum atomic E-state index is -1.40. The van der Waals surface area contributed by atoms with Crippen molar-refractivity contribution in [3.63, 3.8) is 0 Å². The Morgan fingerprint density at radius 3 is 2.42 bits per heavy atom. The summed E-state index contributed by atoms with van der Waals surface area (Å²) in [4.78, 5) is 0. The van der Waals surface area contributed by atoms with Gasteiger partial charge in [-0.2, -0.15) is 11.8 Å². The Kier molecular flexibility index (Phi) is 5.75. The van der Waals surface area contributed by atoms with Crippen LogP contribution in [0.25, 0.3) is 0 Å². The molecule has 0 aliphatic carbocycles. The standard InChI is InChI=1S/C9H20OSSi/c1-6-11-8-12(4,5)10-7-9(2)3/h7H,6,8H2,1-5H3. The van der Waals surface area contributed by atoms with Crippen LogP contribution < -0.4 is 0 Å². The third kappa shape index (κ3) is 6.79. The Morgan fingerprint density at radius 1 is 1.42 bits per heavy atom. The maximum Gasteiger partial charge on any atom is 0.254 e. The Hall–Kier alpha value is 0.107. The fourth-order valence-electron chi connectivity index (χ4n) is 0.659. The molecular weight excluding hydrogens is 184 g/mol. The highest BCUT2D eigenvalue weighted by Gasteiger charge is 2.22. The van der Waals surface area contributed by atoms with Crippen LogP contribution in [0.15, 0.2) is 11.8 Å². The van der Waals surface area contributed by atoms with Crippen molar-refractivity contribution in [2.24, 2.45) is 0 Å². The molecule has 12 heavy (non-hydrogen) atoms. The predicted octanol–water partition coefficient (Wildman–Crippen LogP) is 3.42. The number of allylic oxidation sites excluding steroid dienone is 1. The zero-order valence-electron chi connectivity index (χ0n) is 8.81. The van der Waals surface area contributed by atoms with Crippen molar-refractivity contribution < 1.29 is 4.43 Å². The average Bonchev–Trinajstić information content (AvgIpc) is 1.98. The third-order valence-electron chi connectivity index (χ3n) is 1.27. The second kappa shape index (κ2) is 5.70. The van der Waals surface area contributed by atoms with E-state index in [1.807, 2.05) is 18.0 Å². The summed E-state index contributed by atoms with van der Waals surface area (Å²) in [5.74, 6) is 1.19. The van der Waals surface area contributed by atoms with Crippen molar-refractivity contribution in [3.8, 4) is 0 Å². The minimum absolute atomic E-state index is 1.19. The molecule has 0 amide bonds. The minimum Gasteiger partial charge on any atom is -0.549 e. The number of hydrogen-bond acceptors (Lipinski definition) is 2. The van der Waals surface area contributed by atoms with E-state index in [2.05, 4.69) is 33.9 Å². The number of rotatable bonds is 5. The molecule has 0 heterocycles. The Labute approximate surface area is 81.7 Å². The smallest absolute Gasteiger partial charge is 0.254 e. The summed E-state index contributed by atoms with van der Waals surface area (Å²) in [6.45, 7) is 10.8. The highest BCUT2D eigenvalue weighted by atomic mass is 32.2. The fraction of sp³-hybridized carbons (Fsp3) is 0.778. The van der Waals surface area contributed by atoms with Gasteiger partial charge in [-0.05, 0) is 38.3 Å². The largest absolute Gasteiger partial charge is 0.549 e. The van der Waals surface area contributed by atoms with Gasteiger partial charge >= 0.3 is 0 Å².